The molecule has 0 saturated heterocycles. The highest BCUT2D eigenvalue weighted by Crippen LogP contribution is 2.23. The maximum absolute atomic E-state index is 11.2. The molecule has 1 rings (SSSR count). The Balaban J connectivity index is 2.94. The summed E-state index contributed by atoms with van der Waals surface area (Å²) >= 11 is 0. The summed E-state index contributed by atoms with van der Waals surface area (Å²) in [5.74, 6) is -0.332. The number of aliphatic carboxylic acids is 1. The van der Waals surface area contributed by atoms with Crippen LogP contribution in [0.25, 0.3) is 0 Å². The normalized spacial score (nSPS) is 11.4. The molecule has 102 valence electrons. The molecule has 0 aliphatic rings. The number of carboxylic acid groups (broad SMARTS) is 1. The van der Waals surface area contributed by atoms with Gasteiger partial charge in [0, 0.05) is 6.07 Å². The lowest BCUT2D eigenvalue weighted by atomic mass is 10.1. The molecule has 1 unspecified atom stereocenters. The minimum Gasteiger partial charge on any atom is -0.497 e. The number of nitrogens with one attached hydrogen (secondary N) is 1. The van der Waals surface area contributed by atoms with Crippen LogP contribution in [-0.4, -0.2) is 24.2 Å². The molecule has 1 atom stereocenters. The first-order valence-corrected chi connectivity index (χ1v) is 6.19. The van der Waals surface area contributed by atoms with E-state index >= 15 is 0 Å². The Kier molecular flexibility index (Phi) is 5.68. The fraction of sp³-hybridized carbons (Fsp3) is 0.429. The maximum Gasteiger partial charge on any atom is 0.326 e. The van der Waals surface area contributed by atoms with Crippen molar-refractivity contribution in [1.29, 1.82) is 5.26 Å². The second-order valence-corrected chi connectivity index (χ2v) is 4.20. The number of unbranched alkanes of at least 4 members (excludes halogenated alkanes) is 1. The number of ether oxygens (including phenoxy) is 1. The topological polar surface area (TPSA) is 82.3 Å². The molecular formula is C14H18N2O3. The SMILES string of the molecule is CCCCC(Nc1cc(OC)ccc1C#N)C(=O)O. The molecule has 0 spiro atoms. The first kappa shape index (κ1) is 14.8. The Morgan fingerprint density at radius 1 is 1.58 bits per heavy atom. The predicted octanol–water partition coefficient (Wildman–Crippen LogP) is 2.62. The summed E-state index contributed by atoms with van der Waals surface area (Å²) in [5.41, 5.74) is 0.897. The van der Waals surface area contributed by atoms with Crippen molar-refractivity contribution in [2.45, 2.75) is 32.2 Å². The van der Waals surface area contributed by atoms with Crippen LogP contribution in [0.2, 0.25) is 0 Å². The number of methoxy groups -OCH3 is 1. The predicted molar refractivity (Wildman–Crippen MR) is 72.3 cm³/mol. The number of benzene rings is 1. The Labute approximate surface area is 112 Å². The van der Waals surface area contributed by atoms with Crippen LogP contribution < -0.4 is 10.1 Å². The van der Waals surface area contributed by atoms with Gasteiger partial charge in [-0.3, -0.25) is 0 Å². The molecule has 0 aromatic heterocycles. The Hall–Kier alpha value is -2.22. The number of anilines is 1. The molecule has 0 amide bonds. The minimum absolute atomic E-state index is 0.406. The molecule has 0 fully saturated rings. The average molecular weight is 262 g/mol. The summed E-state index contributed by atoms with van der Waals surface area (Å²) in [4.78, 5) is 11.2. The van der Waals surface area contributed by atoms with Gasteiger partial charge in [0.25, 0.3) is 0 Å². The number of carbonyl (C=O) groups is 1. The standard InChI is InChI=1S/C14H18N2O3/c1-3-4-5-12(14(17)18)16-13-8-11(19-2)7-6-10(13)9-15/h6-8,12,16H,3-5H2,1-2H3,(H,17,18). The summed E-state index contributed by atoms with van der Waals surface area (Å²) in [6.07, 6.45) is 2.26. The second-order valence-electron chi connectivity index (χ2n) is 4.20. The largest absolute Gasteiger partial charge is 0.497 e. The lowest BCUT2D eigenvalue weighted by molar-refractivity contribution is -0.138. The molecule has 1 aromatic carbocycles. The second kappa shape index (κ2) is 7.27. The summed E-state index contributed by atoms with van der Waals surface area (Å²) in [6, 6.07) is 6.26. The molecule has 0 aliphatic heterocycles. The van der Waals surface area contributed by atoms with E-state index in [1.54, 1.807) is 18.2 Å². The summed E-state index contributed by atoms with van der Waals surface area (Å²) in [7, 11) is 1.52. The Morgan fingerprint density at radius 2 is 2.32 bits per heavy atom. The Bertz CT molecular complexity index is 480. The molecule has 5 heteroatoms. The zero-order valence-corrected chi connectivity index (χ0v) is 11.1. The number of hydrogen-bond donors (Lipinski definition) is 2. The minimum atomic E-state index is -0.917. The van der Waals surface area contributed by atoms with Gasteiger partial charge < -0.3 is 15.2 Å². The van der Waals surface area contributed by atoms with Gasteiger partial charge in [-0.05, 0) is 18.6 Å². The van der Waals surface area contributed by atoms with Crippen molar-refractivity contribution >= 4 is 11.7 Å². The summed E-state index contributed by atoms with van der Waals surface area (Å²) in [5, 5.41) is 21.1. The van der Waals surface area contributed by atoms with Crippen LogP contribution in [0.4, 0.5) is 5.69 Å². The molecule has 0 radical (unpaired) electrons. The smallest absolute Gasteiger partial charge is 0.326 e. The fourth-order valence-electron chi connectivity index (χ4n) is 1.72. The quantitative estimate of drug-likeness (QED) is 0.789. The monoisotopic (exact) mass is 262 g/mol. The van der Waals surface area contributed by atoms with Crippen LogP contribution in [0, 0.1) is 11.3 Å². The number of nitriles is 1. The van der Waals surface area contributed by atoms with Crippen LogP contribution in [0.5, 0.6) is 5.75 Å². The molecule has 1 aromatic rings. The first-order valence-electron chi connectivity index (χ1n) is 6.19. The number of hydrogen-bond acceptors (Lipinski definition) is 4. The van der Waals surface area contributed by atoms with E-state index in [9.17, 15) is 9.90 Å². The van der Waals surface area contributed by atoms with Gasteiger partial charge in [-0.1, -0.05) is 19.8 Å². The molecule has 0 heterocycles. The molecule has 0 aliphatic carbocycles. The highest BCUT2D eigenvalue weighted by molar-refractivity contribution is 5.78. The summed E-state index contributed by atoms with van der Waals surface area (Å²) in [6.45, 7) is 2.01. The molecule has 19 heavy (non-hydrogen) atoms. The zero-order valence-electron chi connectivity index (χ0n) is 11.1. The van der Waals surface area contributed by atoms with Crippen LogP contribution in [0.3, 0.4) is 0 Å². The van der Waals surface area contributed by atoms with Gasteiger partial charge in [-0.15, -0.1) is 0 Å². The van der Waals surface area contributed by atoms with Crippen LogP contribution in [0.1, 0.15) is 31.7 Å². The van der Waals surface area contributed by atoms with E-state index in [1.165, 1.54) is 7.11 Å². The van der Waals surface area contributed by atoms with Gasteiger partial charge >= 0.3 is 5.97 Å². The van der Waals surface area contributed by atoms with Gasteiger partial charge in [0.05, 0.1) is 18.4 Å². The third-order valence-corrected chi connectivity index (χ3v) is 2.82. The van der Waals surface area contributed by atoms with Crippen molar-refractivity contribution in [3.05, 3.63) is 23.8 Å². The Morgan fingerprint density at radius 3 is 2.84 bits per heavy atom. The van der Waals surface area contributed by atoms with Gasteiger partial charge in [0.2, 0.25) is 0 Å². The van der Waals surface area contributed by atoms with E-state index in [1.807, 2.05) is 13.0 Å². The maximum atomic E-state index is 11.2. The van der Waals surface area contributed by atoms with E-state index < -0.39 is 12.0 Å². The van der Waals surface area contributed by atoms with Gasteiger partial charge in [0.1, 0.15) is 17.9 Å². The third-order valence-electron chi connectivity index (χ3n) is 2.82. The molecule has 0 bridgehead atoms. The lowest BCUT2D eigenvalue weighted by Gasteiger charge is -2.17. The number of carboxylic acids is 1. The molecule has 2 N–H and O–H groups in total. The van der Waals surface area contributed by atoms with E-state index in [2.05, 4.69) is 5.32 Å². The van der Waals surface area contributed by atoms with Crippen LogP contribution >= 0.6 is 0 Å². The fourth-order valence-corrected chi connectivity index (χ4v) is 1.72. The lowest BCUT2D eigenvalue weighted by Crippen LogP contribution is -2.29. The zero-order chi connectivity index (χ0) is 14.3. The molecular weight excluding hydrogens is 244 g/mol. The van der Waals surface area contributed by atoms with Crippen molar-refractivity contribution in [3.8, 4) is 11.8 Å². The van der Waals surface area contributed by atoms with E-state index in [0.29, 0.717) is 23.4 Å². The van der Waals surface area contributed by atoms with Gasteiger partial charge in [-0.25, -0.2) is 4.79 Å². The van der Waals surface area contributed by atoms with Crippen molar-refractivity contribution in [2.75, 3.05) is 12.4 Å². The highest BCUT2D eigenvalue weighted by Gasteiger charge is 2.18. The van der Waals surface area contributed by atoms with Crippen LogP contribution in [0.15, 0.2) is 18.2 Å². The van der Waals surface area contributed by atoms with E-state index in [4.69, 9.17) is 10.00 Å². The van der Waals surface area contributed by atoms with Crippen LogP contribution in [-0.2, 0) is 4.79 Å². The molecule has 0 saturated carbocycles. The number of rotatable bonds is 7. The summed E-state index contributed by atoms with van der Waals surface area (Å²) < 4.78 is 5.08. The van der Waals surface area contributed by atoms with Crippen molar-refractivity contribution < 1.29 is 14.6 Å². The van der Waals surface area contributed by atoms with E-state index in [0.717, 1.165) is 12.8 Å². The van der Waals surface area contributed by atoms with Crippen molar-refractivity contribution in [3.63, 3.8) is 0 Å². The highest BCUT2D eigenvalue weighted by atomic mass is 16.5. The first-order chi connectivity index (χ1) is 9.12. The van der Waals surface area contributed by atoms with Gasteiger partial charge in [0.15, 0.2) is 0 Å². The van der Waals surface area contributed by atoms with Crippen molar-refractivity contribution in [2.24, 2.45) is 0 Å². The van der Waals surface area contributed by atoms with Gasteiger partial charge in [-0.2, -0.15) is 5.26 Å². The van der Waals surface area contributed by atoms with E-state index in [-0.39, 0.29) is 0 Å². The molecule has 5 nitrogen and oxygen atoms in total. The van der Waals surface area contributed by atoms with Crippen molar-refractivity contribution in [1.82, 2.24) is 0 Å². The number of nitrogens with zero attached hydrogens (tertiary/aromatic N) is 1. The third kappa shape index (κ3) is 4.18. The average Bonchev–Trinajstić information content (AvgIpc) is 2.42.